The Morgan fingerprint density at radius 2 is 1.86 bits per heavy atom. The summed E-state index contributed by atoms with van der Waals surface area (Å²) in [6, 6.07) is 13.5. The Hall–Kier alpha value is -1.51. The van der Waals surface area contributed by atoms with Crippen molar-refractivity contribution in [1.82, 2.24) is 4.90 Å². The maximum Gasteiger partial charge on any atom is 0.255 e. The minimum Gasteiger partial charge on any atom is -0.325 e. The summed E-state index contributed by atoms with van der Waals surface area (Å²) in [6.07, 6.45) is 1.92. The monoisotopic (exact) mass is 317 g/mol. The van der Waals surface area contributed by atoms with Gasteiger partial charge in [0.1, 0.15) is 0 Å². The first-order valence-corrected chi connectivity index (χ1v) is 7.76. The fourth-order valence-corrected chi connectivity index (χ4v) is 4.14. The summed E-state index contributed by atoms with van der Waals surface area (Å²) in [5.41, 5.74) is 2.49. The van der Waals surface area contributed by atoms with Gasteiger partial charge in [-0.05, 0) is 48.2 Å². The SMILES string of the molecule is O=C1c2cc(Cl)ccc2C2(c3cccc(Cl)c3)CCCN12. The average molecular weight is 318 g/mol. The van der Waals surface area contributed by atoms with Gasteiger partial charge in [0, 0.05) is 22.2 Å². The van der Waals surface area contributed by atoms with E-state index < -0.39 is 0 Å². The Bertz CT molecular complexity index is 758. The Morgan fingerprint density at radius 1 is 1.05 bits per heavy atom. The predicted octanol–water partition coefficient (Wildman–Crippen LogP) is 4.49. The zero-order chi connectivity index (χ0) is 14.6. The highest BCUT2D eigenvalue weighted by molar-refractivity contribution is 6.31. The van der Waals surface area contributed by atoms with E-state index >= 15 is 0 Å². The number of amides is 1. The largest absolute Gasteiger partial charge is 0.325 e. The third-order valence-electron chi connectivity index (χ3n) is 4.59. The first kappa shape index (κ1) is 13.2. The fraction of sp³-hybridized carbons (Fsp3) is 0.235. The molecular weight excluding hydrogens is 305 g/mol. The summed E-state index contributed by atoms with van der Waals surface area (Å²) in [5, 5.41) is 1.30. The molecule has 2 aliphatic heterocycles. The van der Waals surface area contributed by atoms with Crippen LogP contribution in [0.5, 0.6) is 0 Å². The molecule has 1 saturated heterocycles. The first-order chi connectivity index (χ1) is 10.1. The highest BCUT2D eigenvalue weighted by Gasteiger charge is 2.53. The summed E-state index contributed by atoms with van der Waals surface area (Å²) in [6.45, 7) is 0.775. The lowest BCUT2D eigenvalue weighted by Gasteiger charge is -2.33. The van der Waals surface area contributed by atoms with E-state index in [1.165, 1.54) is 0 Å². The van der Waals surface area contributed by atoms with Crippen LogP contribution in [0.25, 0.3) is 0 Å². The van der Waals surface area contributed by atoms with Gasteiger partial charge in [0.2, 0.25) is 0 Å². The molecule has 21 heavy (non-hydrogen) atoms. The van der Waals surface area contributed by atoms with E-state index in [0.717, 1.165) is 36.1 Å². The normalized spacial score (nSPS) is 23.3. The van der Waals surface area contributed by atoms with E-state index in [2.05, 4.69) is 6.07 Å². The van der Waals surface area contributed by atoms with Gasteiger partial charge in [0.15, 0.2) is 0 Å². The maximum absolute atomic E-state index is 12.7. The van der Waals surface area contributed by atoms with E-state index in [0.29, 0.717) is 10.0 Å². The molecule has 2 heterocycles. The van der Waals surface area contributed by atoms with E-state index in [-0.39, 0.29) is 11.4 Å². The number of hydrogen-bond donors (Lipinski definition) is 0. The molecule has 1 atom stereocenters. The van der Waals surface area contributed by atoms with Gasteiger partial charge in [-0.1, -0.05) is 41.4 Å². The van der Waals surface area contributed by atoms with Gasteiger partial charge in [0.05, 0.1) is 5.54 Å². The van der Waals surface area contributed by atoms with Gasteiger partial charge in [-0.25, -0.2) is 0 Å². The van der Waals surface area contributed by atoms with Crippen molar-refractivity contribution >= 4 is 29.1 Å². The Labute approximate surface area is 133 Å². The number of rotatable bonds is 1. The summed E-state index contributed by atoms with van der Waals surface area (Å²) in [5.74, 6) is 0.0741. The van der Waals surface area contributed by atoms with Crippen LogP contribution in [0.2, 0.25) is 10.0 Å². The molecule has 2 aliphatic rings. The minimum atomic E-state index is -0.373. The molecule has 106 valence electrons. The lowest BCUT2D eigenvalue weighted by Crippen LogP contribution is -2.39. The van der Waals surface area contributed by atoms with E-state index in [1.54, 1.807) is 6.07 Å². The van der Waals surface area contributed by atoms with Crippen LogP contribution in [0, 0.1) is 0 Å². The fourth-order valence-electron chi connectivity index (χ4n) is 3.77. The van der Waals surface area contributed by atoms with Crippen molar-refractivity contribution in [3.05, 3.63) is 69.2 Å². The van der Waals surface area contributed by atoms with Crippen LogP contribution in [-0.2, 0) is 5.54 Å². The summed E-state index contributed by atoms with van der Waals surface area (Å²) >= 11 is 12.2. The second kappa shape index (κ2) is 4.49. The van der Waals surface area contributed by atoms with Crippen molar-refractivity contribution in [1.29, 1.82) is 0 Å². The van der Waals surface area contributed by atoms with Gasteiger partial charge in [0.25, 0.3) is 5.91 Å². The molecular formula is C17H13Cl2NO. The van der Waals surface area contributed by atoms with E-state index in [4.69, 9.17) is 23.2 Å². The van der Waals surface area contributed by atoms with Gasteiger partial charge >= 0.3 is 0 Å². The molecule has 4 heteroatoms. The highest BCUT2D eigenvalue weighted by Crippen LogP contribution is 2.51. The molecule has 0 saturated carbocycles. The number of benzene rings is 2. The zero-order valence-corrected chi connectivity index (χ0v) is 12.8. The molecule has 1 fully saturated rings. The molecule has 2 nitrogen and oxygen atoms in total. The molecule has 2 aromatic rings. The van der Waals surface area contributed by atoms with Crippen LogP contribution in [0.1, 0.15) is 34.3 Å². The zero-order valence-electron chi connectivity index (χ0n) is 11.3. The number of nitrogens with zero attached hydrogens (tertiary/aromatic N) is 1. The Morgan fingerprint density at radius 3 is 2.67 bits per heavy atom. The molecule has 0 aromatic heterocycles. The topological polar surface area (TPSA) is 20.3 Å². The van der Waals surface area contributed by atoms with E-state index in [1.807, 2.05) is 35.2 Å². The number of halogens is 2. The quantitative estimate of drug-likeness (QED) is 0.759. The van der Waals surface area contributed by atoms with E-state index in [9.17, 15) is 4.79 Å². The number of carbonyl (C=O) groups is 1. The van der Waals surface area contributed by atoms with Crippen LogP contribution in [-0.4, -0.2) is 17.4 Å². The average Bonchev–Trinajstić information content (AvgIpc) is 2.99. The Kier molecular flexibility index (Phi) is 2.82. The van der Waals surface area contributed by atoms with Crippen LogP contribution in [0.4, 0.5) is 0 Å². The molecule has 1 unspecified atom stereocenters. The van der Waals surface area contributed by atoms with Gasteiger partial charge in [-0.3, -0.25) is 4.79 Å². The third-order valence-corrected chi connectivity index (χ3v) is 5.06. The van der Waals surface area contributed by atoms with Crippen LogP contribution in [0.15, 0.2) is 42.5 Å². The number of hydrogen-bond acceptors (Lipinski definition) is 1. The van der Waals surface area contributed by atoms with Gasteiger partial charge in [-0.2, -0.15) is 0 Å². The van der Waals surface area contributed by atoms with Gasteiger partial charge < -0.3 is 4.90 Å². The highest BCUT2D eigenvalue weighted by atomic mass is 35.5. The molecule has 0 bridgehead atoms. The summed E-state index contributed by atoms with van der Waals surface area (Å²) in [7, 11) is 0. The molecule has 0 radical (unpaired) electrons. The second-order valence-corrected chi connectivity index (χ2v) is 6.49. The number of fused-ring (bicyclic) bond motifs is 3. The lowest BCUT2D eigenvalue weighted by atomic mass is 9.81. The second-order valence-electron chi connectivity index (χ2n) is 5.62. The first-order valence-electron chi connectivity index (χ1n) is 7.01. The molecule has 4 rings (SSSR count). The van der Waals surface area contributed by atoms with Crippen molar-refractivity contribution in [3.63, 3.8) is 0 Å². The van der Waals surface area contributed by atoms with Crippen molar-refractivity contribution in [3.8, 4) is 0 Å². The van der Waals surface area contributed by atoms with Crippen LogP contribution in [0.3, 0.4) is 0 Å². The van der Waals surface area contributed by atoms with Crippen molar-refractivity contribution < 1.29 is 4.79 Å². The molecule has 1 amide bonds. The lowest BCUT2D eigenvalue weighted by molar-refractivity contribution is 0.0711. The molecule has 2 aromatic carbocycles. The van der Waals surface area contributed by atoms with Crippen molar-refractivity contribution in [2.24, 2.45) is 0 Å². The third kappa shape index (κ3) is 1.69. The van der Waals surface area contributed by atoms with Crippen molar-refractivity contribution in [2.45, 2.75) is 18.4 Å². The van der Waals surface area contributed by atoms with Crippen molar-refractivity contribution in [2.75, 3.05) is 6.54 Å². The smallest absolute Gasteiger partial charge is 0.255 e. The summed E-state index contributed by atoms with van der Waals surface area (Å²) in [4.78, 5) is 14.7. The van der Waals surface area contributed by atoms with Gasteiger partial charge in [-0.15, -0.1) is 0 Å². The Balaban J connectivity index is 2.01. The minimum absolute atomic E-state index is 0.0741. The maximum atomic E-state index is 12.7. The molecule has 0 N–H and O–H groups in total. The number of carbonyl (C=O) groups excluding carboxylic acids is 1. The van der Waals surface area contributed by atoms with Crippen LogP contribution < -0.4 is 0 Å². The predicted molar refractivity (Wildman–Crippen MR) is 84.0 cm³/mol. The molecule has 0 aliphatic carbocycles. The van der Waals surface area contributed by atoms with Crippen LogP contribution >= 0.6 is 23.2 Å². The summed E-state index contributed by atoms with van der Waals surface area (Å²) < 4.78 is 0. The standard InChI is InChI=1S/C17H13Cl2NO/c18-12-4-1-3-11(9-12)17-7-2-8-20(17)16(21)14-10-13(19)5-6-15(14)17/h1,3-6,9-10H,2,7-8H2. The molecule has 0 spiro atoms.